The molecular weight excluding hydrogens is 348 g/mol. The van der Waals surface area contributed by atoms with Gasteiger partial charge >= 0.3 is 0 Å². The summed E-state index contributed by atoms with van der Waals surface area (Å²) in [6.07, 6.45) is 2.90. The Morgan fingerprint density at radius 3 is 2.62 bits per heavy atom. The van der Waals surface area contributed by atoms with Crippen LogP contribution in [0.5, 0.6) is 5.75 Å². The number of amides is 1. The summed E-state index contributed by atoms with van der Waals surface area (Å²) in [6.45, 7) is 2.72. The number of halogens is 1. The number of nitrogens with one attached hydrogen (secondary N) is 2. The van der Waals surface area contributed by atoms with E-state index in [1.807, 2.05) is 42.5 Å². The van der Waals surface area contributed by atoms with Crippen molar-refractivity contribution in [3.8, 4) is 5.75 Å². The number of methoxy groups -OCH3 is 1. The molecule has 0 aromatic heterocycles. The third-order valence-electron chi connectivity index (χ3n) is 4.81. The van der Waals surface area contributed by atoms with Gasteiger partial charge in [0.2, 0.25) is 0 Å². The van der Waals surface area contributed by atoms with E-state index in [1.165, 1.54) is 6.42 Å². The van der Waals surface area contributed by atoms with Crippen LogP contribution in [0.1, 0.15) is 27.9 Å². The molecule has 0 bridgehead atoms. The van der Waals surface area contributed by atoms with Crippen LogP contribution < -0.4 is 15.4 Å². The minimum atomic E-state index is 0. The van der Waals surface area contributed by atoms with Crippen molar-refractivity contribution >= 4 is 18.3 Å². The molecule has 1 saturated heterocycles. The van der Waals surface area contributed by atoms with E-state index in [4.69, 9.17) is 4.74 Å². The van der Waals surface area contributed by atoms with Gasteiger partial charge in [0.15, 0.2) is 0 Å². The summed E-state index contributed by atoms with van der Waals surface area (Å²) in [5.41, 5.74) is 3.05. The van der Waals surface area contributed by atoms with Crippen LogP contribution in [0.2, 0.25) is 0 Å². The van der Waals surface area contributed by atoms with Gasteiger partial charge in [0.1, 0.15) is 5.75 Å². The molecule has 0 aliphatic carbocycles. The predicted molar refractivity (Wildman–Crippen MR) is 107 cm³/mol. The number of hydrogen-bond acceptors (Lipinski definition) is 3. The predicted octanol–water partition coefficient (Wildman–Crippen LogP) is 3.24. The van der Waals surface area contributed by atoms with Crippen LogP contribution in [0.25, 0.3) is 0 Å². The van der Waals surface area contributed by atoms with Gasteiger partial charge in [-0.15, -0.1) is 12.4 Å². The number of carbonyl (C=O) groups is 1. The Morgan fingerprint density at radius 1 is 1.15 bits per heavy atom. The maximum Gasteiger partial charge on any atom is 0.251 e. The fraction of sp³-hybridized carbons (Fsp3) is 0.381. The molecular formula is C21H27ClN2O2. The lowest BCUT2D eigenvalue weighted by Gasteiger charge is -2.14. The minimum Gasteiger partial charge on any atom is -0.496 e. The van der Waals surface area contributed by atoms with Gasteiger partial charge in [0.25, 0.3) is 5.91 Å². The van der Waals surface area contributed by atoms with Crippen LogP contribution in [0.15, 0.2) is 48.5 Å². The van der Waals surface area contributed by atoms with Gasteiger partial charge < -0.3 is 15.4 Å². The molecule has 0 spiro atoms. The molecule has 1 aliphatic heterocycles. The molecule has 2 N–H and O–H groups in total. The zero-order valence-corrected chi connectivity index (χ0v) is 16.0. The van der Waals surface area contributed by atoms with Crippen molar-refractivity contribution in [2.24, 2.45) is 5.92 Å². The van der Waals surface area contributed by atoms with Crippen LogP contribution in [0.4, 0.5) is 0 Å². The first-order valence-corrected chi connectivity index (χ1v) is 8.96. The largest absolute Gasteiger partial charge is 0.496 e. The normalized spacial score (nSPS) is 16.0. The summed E-state index contributed by atoms with van der Waals surface area (Å²) >= 11 is 0. The second-order valence-corrected chi connectivity index (χ2v) is 6.54. The summed E-state index contributed by atoms with van der Waals surface area (Å²) < 4.78 is 5.36. The van der Waals surface area contributed by atoms with E-state index < -0.39 is 0 Å². The van der Waals surface area contributed by atoms with Gasteiger partial charge in [-0.3, -0.25) is 4.79 Å². The number of ether oxygens (including phenoxy) is 1. The van der Waals surface area contributed by atoms with Crippen LogP contribution in [-0.2, 0) is 12.8 Å². The Balaban J connectivity index is 0.00000243. The smallest absolute Gasteiger partial charge is 0.251 e. The van der Waals surface area contributed by atoms with Gasteiger partial charge in [-0.1, -0.05) is 36.4 Å². The number of benzene rings is 2. The Bertz CT molecular complexity index is 715. The van der Waals surface area contributed by atoms with Crippen molar-refractivity contribution in [2.75, 3.05) is 26.7 Å². The molecule has 1 atom stereocenters. The van der Waals surface area contributed by atoms with Crippen molar-refractivity contribution in [3.63, 3.8) is 0 Å². The Morgan fingerprint density at radius 2 is 1.88 bits per heavy atom. The zero-order valence-electron chi connectivity index (χ0n) is 15.2. The molecule has 1 heterocycles. The highest BCUT2D eigenvalue weighted by Crippen LogP contribution is 2.19. The topological polar surface area (TPSA) is 50.4 Å². The summed E-state index contributed by atoms with van der Waals surface area (Å²) in [4.78, 5) is 12.6. The summed E-state index contributed by atoms with van der Waals surface area (Å²) in [6, 6.07) is 15.9. The van der Waals surface area contributed by atoms with Gasteiger partial charge in [0, 0.05) is 12.1 Å². The minimum absolute atomic E-state index is 0. The van der Waals surface area contributed by atoms with E-state index in [0.29, 0.717) is 12.5 Å². The maximum absolute atomic E-state index is 12.6. The molecule has 2 aromatic rings. The molecule has 1 fully saturated rings. The van der Waals surface area contributed by atoms with Crippen LogP contribution in [0.3, 0.4) is 0 Å². The fourth-order valence-corrected chi connectivity index (χ4v) is 3.43. The first-order valence-electron chi connectivity index (χ1n) is 8.96. The van der Waals surface area contributed by atoms with Crippen molar-refractivity contribution in [1.82, 2.24) is 10.6 Å². The van der Waals surface area contributed by atoms with Gasteiger partial charge in [-0.05, 0) is 61.5 Å². The van der Waals surface area contributed by atoms with Crippen molar-refractivity contribution < 1.29 is 9.53 Å². The monoisotopic (exact) mass is 374 g/mol. The Labute approximate surface area is 161 Å². The second kappa shape index (κ2) is 10.2. The van der Waals surface area contributed by atoms with Crippen LogP contribution in [0, 0.1) is 5.92 Å². The Kier molecular flexibility index (Phi) is 7.95. The molecule has 4 nitrogen and oxygen atoms in total. The molecule has 0 saturated carbocycles. The first-order chi connectivity index (χ1) is 12.3. The molecule has 1 amide bonds. The molecule has 2 aromatic carbocycles. The average molecular weight is 375 g/mol. The highest BCUT2D eigenvalue weighted by atomic mass is 35.5. The first kappa shape index (κ1) is 20.3. The molecule has 140 valence electrons. The summed E-state index contributed by atoms with van der Waals surface area (Å²) in [5.74, 6) is 1.50. The third kappa shape index (κ3) is 5.23. The molecule has 26 heavy (non-hydrogen) atoms. The van der Waals surface area contributed by atoms with Crippen molar-refractivity contribution in [1.29, 1.82) is 0 Å². The Hall–Kier alpha value is -2.04. The molecule has 1 unspecified atom stereocenters. The SMILES string of the molecule is COc1ccccc1CCNC(=O)c1ccccc1CC1CCNC1.Cl. The van der Waals surface area contributed by atoms with E-state index in [1.54, 1.807) is 7.11 Å². The summed E-state index contributed by atoms with van der Waals surface area (Å²) in [7, 11) is 1.67. The molecule has 3 rings (SSSR count). The summed E-state index contributed by atoms with van der Waals surface area (Å²) in [5, 5.41) is 6.45. The second-order valence-electron chi connectivity index (χ2n) is 6.54. The lowest BCUT2D eigenvalue weighted by Crippen LogP contribution is -2.27. The standard InChI is InChI=1S/C21H26N2O2.ClH/c1-25-20-9-5-3-6-17(20)11-13-23-21(24)19-8-4-2-7-18(19)14-16-10-12-22-15-16;/h2-9,16,22H,10-15H2,1H3,(H,23,24);1H. The lowest BCUT2D eigenvalue weighted by atomic mass is 9.94. The van der Waals surface area contributed by atoms with Gasteiger partial charge in [0.05, 0.1) is 7.11 Å². The van der Waals surface area contributed by atoms with Gasteiger partial charge in [-0.25, -0.2) is 0 Å². The number of hydrogen-bond donors (Lipinski definition) is 2. The third-order valence-corrected chi connectivity index (χ3v) is 4.81. The van der Waals surface area contributed by atoms with Crippen LogP contribution in [-0.4, -0.2) is 32.7 Å². The van der Waals surface area contributed by atoms with Crippen molar-refractivity contribution in [2.45, 2.75) is 19.3 Å². The lowest BCUT2D eigenvalue weighted by molar-refractivity contribution is 0.0953. The van der Waals surface area contributed by atoms with E-state index in [9.17, 15) is 4.79 Å². The quantitative estimate of drug-likeness (QED) is 0.782. The zero-order chi connectivity index (χ0) is 17.5. The highest BCUT2D eigenvalue weighted by molar-refractivity contribution is 5.95. The molecule has 0 radical (unpaired) electrons. The number of carbonyl (C=O) groups excluding carboxylic acids is 1. The average Bonchev–Trinajstić information content (AvgIpc) is 3.15. The van der Waals surface area contributed by atoms with E-state index in [2.05, 4.69) is 16.7 Å². The molecule has 1 aliphatic rings. The highest BCUT2D eigenvalue weighted by Gasteiger charge is 2.18. The fourth-order valence-electron chi connectivity index (χ4n) is 3.43. The van der Waals surface area contributed by atoms with Crippen molar-refractivity contribution in [3.05, 3.63) is 65.2 Å². The van der Waals surface area contributed by atoms with Gasteiger partial charge in [-0.2, -0.15) is 0 Å². The number of rotatable bonds is 7. The van der Waals surface area contributed by atoms with E-state index in [0.717, 1.165) is 48.4 Å². The maximum atomic E-state index is 12.6. The van der Waals surface area contributed by atoms with E-state index >= 15 is 0 Å². The van der Waals surface area contributed by atoms with E-state index in [-0.39, 0.29) is 18.3 Å². The molecule has 5 heteroatoms. The number of para-hydroxylation sites is 1. The van der Waals surface area contributed by atoms with Crippen LogP contribution >= 0.6 is 12.4 Å².